The van der Waals surface area contributed by atoms with Gasteiger partial charge >= 0.3 is 0 Å². The third-order valence-corrected chi connectivity index (χ3v) is 5.26. The van der Waals surface area contributed by atoms with Crippen molar-refractivity contribution in [3.63, 3.8) is 0 Å². The number of aromatic nitrogens is 1. The van der Waals surface area contributed by atoms with Gasteiger partial charge in [0.05, 0.1) is 37.3 Å². The zero-order chi connectivity index (χ0) is 19.8. The van der Waals surface area contributed by atoms with Crippen molar-refractivity contribution in [2.24, 2.45) is 5.73 Å². The van der Waals surface area contributed by atoms with E-state index in [-0.39, 0.29) is 0 Å². The van der Waals surface area contributed by atoms with E-state index in [0.29, 0.717) is 27.8 Å². The Kier molecular flexibility index (Phi) is 4.50. The maximum atomic E-state index is 10.0. The number of allylic oxidation sites excluding steroid dienone is 1. The van der Waals surface area contributed by atoms with Gasteiger partial charge in [0.1, 0.15) is 0 Å². The topological polar surface area (TPSA) is 73.2 Å². The highest BCUT2D eigenvalue weighted by Gasteiger charge is 2.30. The molecule has 1 aromatic heterocycles. The number of nitriles is 1. The molecule has 0 spiro atoms. The molecule has 1 unspecified atom stereocenters. The summed E-state index contributed by atoms with van der Waals surface area (Å²) in [5.41, 5.74) is 10.8. The Morgan fingerprint density at radius 3 is 2.57 bits per heavy atom. The molecule has 0 saturated heterocycles. The van der Waals surface area contributed by atoms with Crippen molar-refractivity contribution in [3.05, 3.63) is 82.1 Å². The second kappa shape index (κ2) is 6.99. The molecule has 2 heterocycles. The Balaban J connectivity index is 2.05. The molecule has 4 rings (SSSR count). The molecular weight excluding hydrogens is 374 g/mol. The Hall–Kier alpha value is -3.36. The summed E-state index contributed by atoms with van der Waals surface area (Å²) in [6.45, 7) is 0. The van der Waals surface area contributed by atoms with Crippen LogP contribution in [0.2, 0.25) is 5.02 Å². The smallest absolute Gasteiger partial charge is 0.161 e. The van der Waals surface area contributed by atoms with Crippen molar-refractivity contribution >= 4 is 17.3 Å². The summed E-state index contributed by atoms with van der Waals surface area (Å²) >= 11 is 6.33. The Morgan fingerprint density at radius 1 is 1.07 bits per heavy atom. The Bertz CT molecular complexity index is 1140. The standard InChI is InChI=1S/C22H18ClN3O2/c1-27-19-8-5-13(10-20(19)28-2)21-15-11-14(23)6-7-17(15)26-9-3-4-18(26)22(25)16(21)12-24/h3-11,21H,25H2,1-2H3. The van der Waals surface area contributed by atoms with Gasteiger partial charge in [-0.15, -0.1) is 0 Å². The van der Waals surface area contributed by atoms with E-state index in [2.05, 4.69) is 6.07 Å². The fourth-order valence-electron chi connectivity index (χ4n) is 3.74. The van der Waals surface area contributed by atoms with Gasteiger partial charge in [-0.25, -0.2) is 0 Å². The lowest BCUT2D eigenvalue weighted by atomic mass is 9.83. The molecule has 1 aliphatic rings. The number of methoxy groups -OCH3 is 2. The van der Waals surface area contributed by atoms with Crippen LogP contribution in [0.15, 0.2) is 60.3 Å². The lowest BCUT2D eigenvalue weighted by Gasteiger charge is -2.21. The summed E-state index contributed by atoms with van der Waals surface area (Å²) in [7, 11) is 3.17. The lowest BCUT2D eigenvalue weighted by molar-refractivity contribution is 0.354. The normalized spacial score (nSPS) is 15.3. The highest BCUT2D eigenvalue weighted by Crippen LogP contribution is 2.43. The van der Waals surface area contributed by atoms with Crippen LogP contribution in [0.5, 0.6) is 11.5 Å². The van der Waals surface area contributed by atoms with Gasteiger partial charge in [-0.05, 0) is 53.6 Å². The molecule has 0 saturated carbocycles. The van der Waals surface area contributed by atoms with Crippen LogP contribution < -0.4 is 15.2 Å². The summed E-state index contributed by atoms with van der Waals surface area (Å²) in [5, 5.41) is 10.6. The van der Waals surface area contributed by atoms with E-state index in [0.717, 1.165) is 22.5 Å². The van der Waals surface area contributed by atoms with E-state index < -0.39 is 5.92 Å². The van der Waals surface area contributed by atoms with Crippen LogP contribution >= 0.6 is 11.6 Å². The maximum absolute atomic E-state index is 10.0. The second-order valence-electron chi connectivity index (χ2n) is 6.45. The van der Waals surface area contributed by atoms with E-state index in [1.165, 1.54) is 0 Å². The number of hydrogen-bond acceptors (Lipinski definition) is 4. The first-order valence-electron chi connectivity index (χ1n) is 8.68. The minimum Gasteiger partial charge on any atom is -0.493 e. The summed E-state index contributed by atoms with van der Waals surface area (Å²) in [6.07, 6.45) is 1.93. The number of halogens is 1. The molecule has 1 atom stereocenters. The molecule has 2 aromatic carbocycles. The van der Waals surface area contributed by atoms with Crippen LogP contribution in [-0.4, -0.2) is 18.8 Å². The predicted molar refractivity (Wildman–Crippen MR) is 109 cm³/mol. The van der Waals surface area contributed by atoms with Crippen LogP contribution in [0.3, 0.4) is 0 Å². The number of rotatable bonds is 3. The fourth-order valence-corrected chi connectivity index (χ4v) is 3.92. The van der Waals surface area contributed by atoms with Gasteiger partial charge in [0, 0.05) is 22.8 Å². The van der Waals surface area contributed by atoms with Gasteiger partial charge in [-0.1, -0.05) is 17.7 Å². The van der Waals surface area contributed by atoms with Crippen molar-refractivity contribution < 1.29 is 9.47 Å². The van der Waals surface area contributed by atoms with Crippen molar-refractivity contribution in [1.29, 1.82) is 5.26 Å². The third-order valence-electron chi connectivity index (χ3n) is 5.03. The summed E-state index contributed by atoms with van der Waals surface area (Å²) in [6, 6.07) is 17.4. The number of fused-ring (bicyclic) bond motifs is 3. The molecule has 28 heavy (non-hydrogen) atoms. The van der Waals surface area contributed by atoms with Crippen LogP contribution in [0, 0.1) is 11.3 Å². The van der Waals surface area contributed by atoms with Gasteiger partial charge < -0.3 is 19.8 Å². The molecule has 0 amide bonds. The van der Waals surface area contributed by atoms with Gasteiger partial charge in [0.25, 0.3) is 0 Å². The Labute approximate surface area is 168 Å². The van der Waals surface area contributed by atoms with E-state index in [1.807, 2.05) is 59.3 Å². The molecule has 0 fully saturated rings. The first kappa shape index (κ1) is 18.0. The van der Waals surface area contributed by atoms with Crippen molar-refractivity contribution in [2.75, 3.05) is 14.2 Å². The van der Waals surface area contributed by atoms with Gasteiger partial charge in [0.2, 0.25) is 0 Å². The number of benzene rings is 2. The number of nitrogens with two attached hydrogens (primary N) is 1. The van der Waals surface area contributed by atoms with Crippen molar-refractivity contribution in [2.45, 2.75) is 5.92 Å². The third kappa shape index (κ3) is 2.70. The molecule has 0 radical (unpaired) electrons. The molecule has 5 nitrogen and oxygen atoms in total. The lowest BCUT2D eigenvalue weighted by Crippen LogP contribution is -2.09. The minimum atomic E-state index is -0.390. The SMILES string of the molecule is COc1ccc(C2C(C#N)=C(N)c3cccn3-c3ccc(Cl)cc32)cc1OC. The molecular formula is C22H18ClN3O2. The monoisotopic (exact) mass is 391 g/mol. The van der Waals surface area contributed by atoms with Crippen molar-refractivity contribution in [1.82, 2.24) is 4.57 Å². The quantitative estimate of drug-likeness (QED) is 0.714. The molecule has 0 bridgehead atoms. The molecule has 2 N–H and O–H groups in total. The first-order chi connectivity index (χ1) is 13.6. The van der Waals surface area contributed by atoms with Crippen LogP contribution in [0.4, 0.5) is 0 Å². The second-order valence-corrected chi connectivity index (χ2v) is 6.89. The number of nitrogens with zero attached hydrogens (tertiary/aromatic N) is 2. The van der Waals surface area contributed by atoms with Crippen LogP contribution in [0.25, 0.3) is 11.4 Å². The summed E-state index contributed by atoms with van der Waals surface area (Å²) < 4.78 is 12.8. The predicted octanol–water partition coefficient (Wildman–Crippen LogP) is 4.49. The largest absolute Gasteiger partial charge is 0.493 e. The highest BCUT2D eigenvalue weighted by atomic mass is 35.5. The fraction of sp³-hybridized carbons (Fsp3) is 0.136. The van der Waals surface area contributed by atoms with Gasteiger partial charge in [0.15, 0.2) is 11.5 Å². The van der Waals surface area contributed by atoms with Crippen LogP contribution in [0.1, 0.15) is 22.7 Å². The number of ether oxygens (including phenoxy) is 2. The van der Waals surface area contributed by atoms with Gasteiger partial charge in [-0.2, -0.15) is 5.26 Å². The maximum Gasteiger partial charge on any atom is 0.161 e. The molecule has 6 heteroatoms. The highest BCUT2D eigenvalue weighted by molar-refractivity contribution is 6.30. The van der Waals surface area contributed by atoms with E-state index in [4.69, 9.17) is 26.8 Å². The first-order valence-corrected chi connectivity index (χ1v) is 9.06. The molecule has 1 aliphatic heterocycles. The summed E-state index contributed by atoms with van der Waals surface area (Å²) in [4.78, 5) is 0. The van der Waals surface area contributed by atoms with E-state index in [1.54, 1.807) is 14.2 Å². The van der Waals surface area contributed by atoms with Crippen LogP contribution in [-0.2, 0) is 0 Å². The summed E-state index contributed by atoms with van der Waals surface area (Å²) in [5.74, 6) is 0.814. The average Bonchev–Trinajstić information content (AvgIpc) is 3.17. The minimum absolute atomic E-state index is 0.390. The molecule has 3 aromatic rings. The zero-order valence-electron chi connectivity index (χ0n) is 15.4. The van der Waals surface area contributed by atoms with E-state index in [9.17, 15) is 5.26 Å². The van der Waals surface area contributed by atoms with Gasteiger partial charge in [-0.3, -0.25) is 0 Å². The van der Waals surface area contributed by atoms with Crippen molar-refractivity contribution in [3.8, 4) is 23.3 Å². The van der Waals surface area contributed by atoms with E-state index >= 15 is 0 Å². The molecule has 140 valence electrons. The molecule has 0 aliphatic carbocycles. The average molecular weight is 392 g/mol. The Morgan fingerprint density at radius 2 is 1.86 bits per heavy atom. The number of hydrogen-bond donors (Lipinski definition) is 1. The zero-order valence-corrected chi connectivity index (χ0v) is 16.2.